The molecule has 0 aromatic heterocycles. The first-order chi connectivity index (χ1) is 18.2. The van der Waals surface area contributed by atoms with Gasteiger partial charge >= 0.3 is 6.18 Å². The number of carbonyl (C=O) groups excluding carboxylic acids is 4. The molecule has 222 valence electrons. The Morgan fingerprint density at radius 1 is 1.20 bits per heavy atom. The van der Waals surface area contributed by atoms with E-state index in [9.17, 15) is 37.6 Å². The lowest BCUT2D eigenvalue weighted by molar-refractivity contribution is -0.243. The number of hydrogen-bond donors (Lipinski definition) is 2. The third-order valence-electron chi connectivity index (χ3n) is 10.4. The van der Waals surface area contributed by atoms with E-state index in [0.29, 0.717) is 13.0 Å². The van der Waals surface area contributed by atoms with Gasteiger partial charge < -0.3 is 20.4 Å². The van der Waals surface area contributed by atoms with Crippen LogP contribution >= 0.6 is 0 Å². The van der Waals surface area contributed by atoms with Gasteiger partial charge in [-0.3, -0.25) is 19.2 Å². The first kappa shape index (κ1) is 30.1. The lowest BCUT2D eigenvalue weighted by atomic mass is 9.67. The van der Waals surface area contributed by atoms with Crippen molar-refractivity contribution in [2.24, 2.45) is 28.6 Å². The maximum atomic E-state index is 13.8. The first-order valence-electron chi connectivity index (χ1n) is 13.9. The van der Waals surface area contributed by atoms with E-state index < -0.39 is 58.9 Å². The van der Waals surface area contributed by atoms with Crippen LogP contribution in [0.15, 0.2) is 0 Å². The maximum absolute atomic E-state index is 13.8. The summed E-state index contributed by atoms with van der Waals surface area (Å²) in [4.78, 5) is 55.6. The van der Waals surface area contributed by atoms with Crippen LogP contribution in [0, 0.1) is 39.9 Å². The number of β-lactam (4-membered cyclic amide) rings is 1. The second-order valence-electron chi connectivity index (χ2n) is 12.8. The van der Waals surface area contributed by atoms with Crippen molar-refractivity contribution in [1.29, 1.82) is 5.26 Å². The van der Waals surface area contributed by atoms with Crippen LogP contribution in [0.4, 0.5) is 13.2 Å². The fourth-order valence-electron chi connectivity index (χ4n) is 7.83. The Bertz CT molecular complexity index is 1140. The second kappa shape index (κ2) is 9.62. The number of carbonyl (C=O) groups is 4. The molecule has 40 heavy (non-hydrogen) atoms. The van der Waals surface area contributed by atoms with E-state index >= 15 is 0 Å². The molecule has 1 spiro atoms. The molecular formula is C28H40F3N5O4. The summed E-state index contributed by atoms with van der Waals surface area (Å²) in [7, 11) is 0. The number of nitrogens with one attached hydrogen (secondary N) is 2. The summed E-state index contributed by atoms with van der Waals surface area (Å²) in [5.74, 6) is -3.28. The third kappa shape index (κ3) is 3.78. The van der Waals surface area contributed by atoms with E-state index in [4.69, 9.17) is 0 Å². The number of likely N-dealkylation sites (tertiary alicyclic amines) is 2. The molecule has 0 aromatic carbocycles. The molecule has 12 heteroatoms. The normalized spacial score (nSPS) is 32.7. The number of alkyl halides is 3. The number of amides is 4. The average Bonchev–Trinajstić information content (AvgIpc) is 3.14. The van der Waals surface area contributed by atoms with Gasteiger partial charge in [0.1, 0.15) is 23.5 Å². The van der Waals surface area contributed by atoms with E-state index in [1.165, 1.54) is 4.90 Å². The van der Waals surface area contributed by atoms with Gasteiger partial charge in [0, 0.05) is 24.9 Å². The van der Waals surface area contributed by atoms with Gasteiger partial charge in [-0.05, 0) is 43.4 Å². The molecule has 0 bridgehead atoms. The summed E-state index contributed by atoms with van der Waals surface area (Å²) in [6.45, 7) is 8.07. The van der Waals surface area contributed by atoms with E-state index in [-0.39, 0.29) is 62.8 Å². The van der Waals surface area contributed by atoms with Gasteiger partial charge in [0.15, 0.2) is 0 Å². The predicted molar refractivity (Wildman–Crippen MR) is 138 cm³/mol. The van der Waals surface area contributed by atoms with Gasteiger partial charge in [0.25, 0.3) is 0 Å². The molecule has 0 aromatic rings. The highest BCUT2D eigenvalue weighted by atomic mass is 19.4. The molecule has 5 aliphatic rings. The quantitative estimate of drug-likeness (QED) is 0.458. The molecular weight excluding hydrogens is 527 g/mol. The second-order valence-corrected chi connectivity index (χ2v) is 12.8. The Labute approximate surface area is 233 Å². The highest BCUT2D eigenvalue weighted by Gasteiger charge is 2.90. The summed E-state index contributed by atoms with van der Waals surface area (Å²) in [6.07, 6.45) is -3.41. The number of rotatable bonds is 7. The molecule has 3 aliphatic heterocycles. The molecule has 3 heterocycles. The fraction of sp³-hybridized carbons (Fsp3) is 0.821. The van der Waals surface area contributed by atoms with Gasteiger partial charge in [-0.1, -0.05) is 41.5 Å². The average molecular weight is 568 g/mol. The lowest BCUT2D eigenvalue weighted by Gasteiger charge is -2.54. The van der Waals surface area contributed by atoms with E-state index in [2.05, 4.69) is 16.7 Å². The number of halogens is 3. The third-order valence-corrected chi connectivity index (χ3v) is 10.4. The van der Waals surface area contributed by atoms with Crippen LogP contribution in [0.2, 0.25) is 0 Å². The lowest BCUT2D eigenvalue weighted by Crippen LogP contribution is -2.76. The SMILES string of the molecule is C.CC(C)C(NC(=O)C1(C(F)(F)F)CCC1)C(=O)N1CC2C(C)(C)C23C1C(=O)N3C(C#N)CC1CCCNC1=O. The number of piperidine rings is 2. The molecule has 6 unspecified atom stereocenters. The highest BCUT2D eigenvalue weighted by molar-refractivity contribution is 6.01. The molecule has 3 saturated heterocycles. The molecule has 2 N–H and O–H groups in total. The monoisotopic (exact) mass is 567 g/mol. The Hall–Kier alpha value is -2.84. The minimum atomic E-state index is -4.71. The molecule has 0 radical (unpaired) electrons. The van der Waals surface area contributed by atoms with Crippen molar-refractivity contribution in [1.82, 2.24) is 20.4 Å². The number of hydrogen-bond acceptors (Lipinski definition) is 5. The van der Waals surface area contributed by atoms with Crippen LogP contribution in [-0.2, 0) is 19.2 Å². The predicted octanol–water partition coefficient (Wildman–Crippen LogP) is 2.75. The summed E-state index contributed by atoms with van der Waals surface area (Å²) < 4.78 is 41.3. The zero-order valence-electron chi connectivity index (χ0n) is 22.7. The topological polar surface area (TPSA) is 123 Å². The Morgan fingerprint density at radius 3 is 2.35 bits per heavy atom. The summed E-state index contributed by atoms with van der Waals surface area (Å²) in [6, 6.07) is -0.670. The summed E-state index contributed by atoms with van der Waals surface area (Å²) in [5, 5.41) is 15.2. The smallest absolute Gasteiger partial charge is 0.356 e. The molecule has 2 saturated carbocycles. The van der Waals surface area contributed by atoms with Crippen LogP contribution in [0.25, 0.3) is 0 Å². The van der Waals surface area contributed by atoms with Crippen molar-refractivity contribution in [3.63, 3.8) is 0 Å². The van der Waals surface area contributed by atoms with Crippen molar-refractivity contribution in [3.05, 3.63) is 0 Å². The minimum Gasteiger partial charge on any atom is -0.356 e. The molecule has 4 amide bonds. The van der Waals surface area contributed by atoms with Crippen molar-refractivity contribution < 1.29 is 32.3 Å². The van der Waals surface area contributed by atoms with Crippen LogP contribution in [0.3, 0.4) is 0 Å². The van der Waals surface area contributed by atoms with Gasteiger partial charge in [0.05, 0.1) is 11.6 Å². The van der Waals surface area contributed by atoms with Crippen LogP contribution in [-0.4, -0.2) is 76.4 Å². The van der Waals surface area contributed by atoms with Gasteiger partial charge in [-0.25, -0.2) is 0 Å². The largest absolute Gasteiger partial charge is 0.403 e. The zero-order valence-corrected chi connectivity index (χ0v) is 22.7. The molecule has 2 aliphatic carbocycles. The van der Waals surface area contributed by atoms with Crippen LogP contribution in [0.1, 0.15) is 73.6 Å². The van der Waals surface area contributed by atoms with E-state index in [1.54, 1.807) is 18.7 Å². The van der Waals surface area contributed by atoms with Crippen LogP contribution in [0.5, 0.6) is 0 Å². The van der Waals surface area contributed by atoms with Crippen molar-refractivity contribution in [2.75, 3.05) is 13.1 Å². The molecule has 5 rings (SSSR count). The fourth-order valence-corrected chi connectivity index (χ4v) is 7.83. The zero-order chi connectivity index (χ0) is 28.7. The first-order valence-corrected chi connectivity index (χ1v) is 13.9. The van der Waals surface area contributed by atoms with Crippen LogP contribution < -0.4 is 10.6 Å². The Balaban J connectivity index is 0.00000370. The standard InChI is InChI=1S/C27H36F3N5O4.CH4/c1-14(2)18(33-23(39)25(8-6-9-25)27(28,29)30)21(37)34-13-17-24(3,4)26(17)19(34)22(38)35(26)16(12-31)11-15-7-5-10-32-20(15)36;/h14-19H,5-11,13H2,1-4H3,(H,32,36)(H,33,39);1H4. The maximum Gasteiger partial charge on any atom is 0.403 e. The van der Waals surface area contributed by atoms with E-state index in [0.717, 1.165) is 6.42 Å². The van der Waals surface area contributed by atoms with Gasteiger partial charge in [-0.15, -0.1) is 0 Å². The van der Waals surface area contributed by atoms with Crippen molar-refractivity contribution in [2.45, 2.75) is 103 Å². The van der Waals surface area contributed by atoms with Crippen molar-refractivity contribution >= 4 is 23.6 Å². The molecule has 5 fully saturated rings. The Morgan fingerprint density at radius 2 is 1.85 bits per heavy atom. The number of nitriles is 1. The minimum absolute atomic E-state index is 0. The van der Waals surface area contributed by atoms with E-state index in [1.807, 2.05) is 13.8 Å². The molecule has 9 nitrogen and oxygen atoms in total. The number of nitrogens with zero attached hydrogens (tertiary/aromatic N) is 3. The van der Waals surface area contributed by atoms with Gasteiger partial charge in [-0.2, -0.15) is 18.4 Å². The summed E-state index contributed by atoms with van der Waals surface area (Å²) in [5.41, 5.74) is -3.63. The van der Waals surface area contributed by atoms with Gasteiger partial charge in [0.2, 0.25) is 23.6 Å². The molecule has 6 atom stereocenters. The summed E-state index contributed by atoms with van der Waals surface area (Å²) >= 11 is 0. The Kier molecular flexibility index (Phi) is 7.25. The highest BCUT2D eigenvalue weighted by Crippen LogP contribution is 2.76. The van der Waals surface area contributed by atoms with Crippen molar-refractivity contribution in [3.8, 4) is 6.07 Å².